The van der Waals surface area contributed by atoms with E-state index in [-0.39, 0.29) is 10.9 Å². The molecule has 1 aromatic rings. The van der Waals surface area contributed by atoms with Crippen molar-refractivity contribution >= 4 is 10.0 Å². The van der Waals surface area contributed by atoms with Gasteiger partial charge in [-0.3, -0.25) is 0 Å². The summed E-state index contributed by atoms with van der Waals surface area (Å²) in [6, 6.07) is 4.77. The lowest BCUT2D eigenvalue weighted by Crippen LogP contribution is -2.35. The molecule has 0 bridgehead atoms. The lowest BCUT2D eigenvalue weighted by Gasteiger charge is -2.16. The van der Waals surface area contributed by atoms with E-state index >= 15 is 0 Å². The summed E-state index contributed by atoms with van der Waals surface area (Å²) in [7, 11) is 1.13. The van der Waals surface area contributed by atoms with Gasteiger partial charge in [0.05, 0.1) is 13.7 Å². The number of sulfonamides is 1. The lowest BCUT2D eigenvalue weighted by molar-refractivity contribution is 0.180. The topological polar surface area (TPSA) is 76.7 Å². The molecule has 0 amide bonds. The Bertz CT molecular complexity index is 531. The molecular weight excluding hydrogens is 280 g/mol. The number of hydrogen-bond donors (Lipinski definition) is 2. The Morgan fingerprint density at radius 3 is 2.55 bits per heavy atom. The third-order valence-corrected chi connectivity index (χ3v) is 4.28. The standard InChI is InChI=1S/C13H22N2O4S/c1-10(9-18-3)15-20(16,17)13-7-11(8-14-2)5-6-12(13)19-4/h5-7,10,14-15H,8-9H2,1-4H3. The minimum absolute atomic E-state index is 0.135. The fourth-order valence-electron chi connectivity index (χ4n) is 1.86. The van der Waals surface area contributed by atoms with Crippen molar-refractivity contribution in [3.8, 4) is 5.75 Å². The fourth-order valence-corrected chi connectivity index (χ4v) is 3.31. The van der Waals surface area contributed by atoms with E-state index in [4.69, 9.17) is 9.47 Å². The highest BCUT2D eigenvalue weighted by Crippen LogP contribution is 2.25. The molecule has 1 unspecified atom stereocenters. The zero-order valence-electron chi connectivity index (χ0n) is 12.3. The van der Waals surface area contributed by atoms with E-state index in [1.165, 1.54) is 14.2 Å². The summed E-state index contributed by atoms with van der Waals surface area (Å²) in [5, 5.41) is 2.99. The highest BCUT2D eigenvalue weighted by atomic mass is 32.2. The predicted molar refractivity (Wildman–Crippen MR) is 77.4 cm³/mol. The molecule has 20 heavy (non-hydrogen) atoms. The fraction of sp³-hybridized carbons (Fsp3) is 0.538. The Balaban J connectivity index is 3.11. The monoisotopic (exact) mass is 302 g/mol. The van der Waals surface area contributed by atoms with Gasteiger partial charge in [-0.1, -0.05) is 6.07 Å². The van der Waals surface area contributed by atoms with Crippen LogP contribution in [0.1, 0.15) is 12.5 Å². The predicted octanol–water partition coefficient (Wildman–Crippen LogP) is 0.728. The average molecular weight is 302 g/mol. The van der Waals surface area contributed by atoms with Crippen LogP contribution in [0.2, 0.25) is 0 Å². The van der Waals surface area contributed by atoms with Crippen molar-refractivity contribution in [3.63, 3.8) is 0 Å². The second kappa shape index (κ2) is 7.58. The number of ether oxygens (including phenoxy) is 2. The molecule has 1 aromatic carbocycles. The summed E-state index contributed by atoms with van der Waals surface area (Å²) >= 11 is 0. The van der Waals surface area contributed by atoms with Crippen LogP contribution in [0.15, 0.2) is 23.1 Å². The van der Waals surface area contributed by atoms with Crippen LogP contribution < -0.4 is 14.8 Å². The van der Waals surface area contributed by atoms with E-state index < -0.39 is 10.0 Å². The molecule has 0 aliphatic carbocycles. The van der Waals surface area contributed by atoms with E-state index in [9.17, 15) is 8.42 Å². The molecule has 0 aliphatic heterocycles. The summed E-state index contributed by atoms with van der Waals surface area (Å²) in [5.74, 6) is 0.321. The highest BCUT2D eigenvalue weighted by Gasteiger charge is 2.22. The first-order valence-electron chi connectivity index (χ1n) is 6.27. The second-order valence-corrected chi connectivity index (χ2v) is 6.18. The Labute approximate surface area is 120 Å². The van der Waals surface area contributed by atoms with Crippen LogP contribution in [0.3, 0.4) is 0 Å². The van der Waals surface area contributed by atoms with Crippen LogP contribution in [0, 0.1) is 0 Å². The maximum Gasteiger partial charge on any atom is 0.244 e. The van der Waals surface area contributed by atoms with Gasteiger partial charge in [0.1, 0.15) is 10.6 Å². The van der Waals surface area contributed by atoms with Gasteiger partial charge in [0.15, 0.2) is 0 Å². The maximum absolute atomic E-state index is 12.4. The first-order chi connectivity index (χ1) is 9.44. The Morgan fingerprint density at radius 2 is 2.00 bits per heavy atom. The first-order valence-corrected chi connectivity index (χ1v) is 7.75. The minimum atomic E-state index is -3.65. The number of methoxy groups -OCH3 is 2. The molecular formula is C13H22N2O4S. The van der Waals surface area contributed by atoms with Crippen LogP contribution in [0.5, 0.6) is 5.75 Å². The molecule has 0 saturated heterocycles. The van der Waals surface area contributed by atoms with Gasteiger partial charge in [0.25, 0.3) is 0 Å². The van der Waals surface area contributed by atoms with Crippen molar-refractivity contribution in [2.75, 3.05) is 27.9 Å². The van der Waals surface area contributed by atoms with Crippen LogP contribution in [-0.4, -0.2) is 42.3 Å². The summed E-state index contributed by atoms with van der Waals surface area (Å²) in [6.45, 7) is 2.63. The Morgan fingerprint density at radius 1 is 1.30 bits per heavy atom. The van der Waals surface area contributed by atoms with Crippen molar-refractivity contribution in [2.24, 2.45) is 0 Å². The lowest BCUT2D eigenvalue weighted by atomic mass is 10.2. The van der Waals surface area contributed by atoms with Gasteiger partial charge in [-0.2, -0.15) is 0 Å². The van der Waals surface area contributed by atoms with Crippen LogP contribution >= 0.6 is 0 Å². The molecule has 6 nitrogen and oxygen atoms in total. The highest BCUT2D eigenvalue weighted by molar-refractivity contribution is 7.89. The van der Waals surface area contributed by atoms with Crippen molar-refractivity contribution in [1.82, 2.24) is 10.0 Å². The van der Waals surface area contributed by atoms with E-state index in [0.717, 1.165) is 5.56 Å². The van der Waals surface area contributed by atoms with E-state index in [1.54, 1.807) is 26.1 Å². The zero-order valence-corrected chi connectivity index (χ0v) is 13.1. The van der Waals surface area contributed by atoms with Crippen LogP contribution in [0.4, 0.5) is 0 Å². The molecule has 0 spiro atoms. The maximum atomic E-state index is 12.4. The molecule has 0 aliphatic rings. The minimum Gasteiger partial charge on any atom is -0.495 e. The van der Waals surface area contributed by atoms with Gasteiger partial charge in [-0.05, 0) is 31.7 Å². The largest absolute Gasteiger partial charge is 0.495 e. The molecule has 1 atom stereocenters. The molecule has 7 heteroatoms. The van der Waals surface area contributed by atoms with Crippen LogP contribution in [-0.2, 0) is 21.3 Å². The molecule has 114 valence electrons. The van der Waals surface area contributed by atoms with Crippen molar-refractivity contribution in [1.29, 1.82) is 0 Å². The molecule has 2 N–H and O–H groups in total. The third kappa shape index (κ3) is 4.45. The average Bonchev–Trinajstić information content (AvgIpc) is 2.38. The van der Waals surface area contributed by atoms with Gasteiger partial charge < -0.3 is 14.8 Å². The number of benzene rings is 1. The van der Waals surface area contributed by atoms with Crippen molar-refractivity contribution in [2.45, 2.75) is 24.4 Å². The molecule has 0 aromatic heterocycles. The van der Waals surface area contributed by atoms with Gasteiger partial charge in [0.2, 0.25) is 10.0 Å². The van der Waals surface area contributed by atoms with Crippen molar-refractivity contribution < 1.29 is 17.9 Å². The first kappa shape index (κ1) is 16.9. The van der Waals surface area contributed by atoms with Crippen LogP contribution in [0.25, 0.3) is 0 Å². The number of rotatable bonds is 8. The summed E-state index contributed by atoms with van der Waals surface area (Å²) in [4.78, 5) is 0.135. The normalized spacial score (nSPS) is 13.2. The van der Waals surface area contributed by atoms with Gasteiger partial charge in [-0.15, -0.1) is 0 Å². The molecule has 1 rings (SSSR count). The Hall–Kier alpha value is -1.15. The van der Waals surface area contributed by atoms with E-state index in [2.05, 4.69) is 10.0 Å². The molecule has 0 saturated carbocycles. The van der Waals surface area contributed by atoms with E-state index in [1.807, 2.05) is 6.07 Å². The quantitative estimate of drug-likeness (QED) is 0.740. The second-order valence-electron chi connectivity index (χ2n) is 4.49. The van der Waals surface area contributed by atoms with Gasteiger partial charge in [0, 0.05) is 19.7 Å². The van der Waals surface area contributed by atoms with E-state index in [0.29, 0.717) is 18.9 Å². The smallest absolute Gasteiger partial charge is 0.244 e. The number of hydrogen-bond acceptors (Lipinski definition) is 5. The van der Waals surface area contributed by atoms with Gasteiger partial charge >= 0.3 is 0 Å². The summed E-state index contributed by atoms with van der Waals surface area (Å²) < 4.78 is 37.4. The molecule has 0 heterocycles. The summed E-state index contributed by atoms with van der Waals surface area (Å²) in [5.41, 5.74) is 0.869. The third-order valence-electron chi connectivity index (χ3n) is 2.67. The molecule has 0 fully saturated rings. The van der Waals surface area contributed by atoms with Gasteiger partial charge in [-0.25, -0.2) is 13.1 Å². The SMILES string of the molecule is CNCc1ccc(OC)c(S(=O)(=O)NC(C)COC)c1. The number of nitrogens with one attached hydrogen (secondary N) is 2. The zero-order chi connectivity index (χ0) is 15.2. The Kier molecular flexibility index (Phi) is 6.41. The summed E-state index contributed by atoms with van der Waals surface area (Å²) in [6.07, 6.45) is 0. The van der Waals surface area contributed by atoms with Crippen molar-refractivity contribution in [3.05, 3.63) is 23.8 Å². The molecule has 0 radical (unpaired) electrons.